The lowest BCUT2D eigenvalue weighted by Crippen LogP contribution is -2.08. The predicted molar refractivity (Wildman–Crippen MR) is 74.2 cm³/mol. The summed E-state index contributed by atoms with van der Waals surface area (Å²) in [6.07, 6.45) is 2.37. The Labute approximate surface area is 111 Å². The molecule has 0 amide bonds. The molecule has 0 saturated carbocycles. The second-order valence-corrected chi connectivity index (χ2v) is 4.42. The molecule has 1 heterocycles. The Balaban J connectivity index is 2.34. The normalized spacial score (nSPS) is 15.7. The van der Waals surface area contributed by atoms with Crippen LogP contribution in [0.25, 0.3) is 16.3 Å². The van der Waals surface area contributed by atoms with E-state index in [4.69, 9.17) is 14.7 Å². The molecule has 0 fully saturated rings. The number of ether oxygens (including phenoxy) is 2. The van der Waals surface area contributed by atoms with Crippen LogP contribution >= 0.6 is 0 Å². The van der Waals surface area contributed by atoms with Crippen LogP contribution in [0.2, 0.25) is 0 Å². The minimum atomic E-state index is 0.621. The molecule has 2 aromatic rings. The number of hydrogen-bond donors (Lipinski definition) is 0. The van der Waals surface area contributed by atoms with Crippen LogP contribution < -0.4 is 9.47 Å². The minimum Gasteiger partial charge on any atom is -0.497 e. The number of rotatable bonds is 1. The van der Waals surface area contributed by atoms with E-state index in [9.17, 15) is 0 Å². The highest BCUT2D eigenvalue weighted by molar-refractivity contribution is 5.98. The molecule has 0 radical (unpaired) electrons. The van der Waals surface area contributed by atoms with Crippen LogP contribution in [0.15, 0.2) is 36.4 Å². The van der Waals surface area contributed by atoms with Crippen LogP contribution in [0, 0.1) is 11.3 Å². The fraction of sp³-hybridized carbons (Fsp3) is 0.188. The molecule has 1 aliphatic heterocycles. The molecule has 0 bridgehead atoms. The minimum absolute atomic E-state index is 0.621. The van der Waals surface area contributed by atoms with Crippen molar-refractivity contribution in [2.24, 2.45) is 0 Å². The Bertz CT molecular complexity index is 705. The second kappa shape index (κ2) is 4.66. The third-order valence-electron chi connectivity index (χ3n) is 3.38. The fourth-order valence-corrected chi connectivity index (χ4v) is 2.48. The predicted octanol–water partition coefficient (Wildman–Crippen LogP) is 3.54. The molecular formula is C16H13NO2. The van der Waals surface area contributed by atoms with Crippen LogP contribution in [0.1, 0.15) is 12.0 Å². The molecule has 0 unspecified atom stereocenters. The standard InChI is InChI=1S/C16H13NO2/c1-18-13-4-2-11-3-5-15-16(14(11)10-13)12(6-8-17)7-9-19-15/h2-6,10H,7,9H2,1H3. The van der Waals surface area contributed by atoms with E-state index >= 15 is 0 Å². The van der Waals surface area contributed by atoms with Crippen molar-refractivity contribution in [3.8, 4) is 17.6 Å². The zero-order valence-electron chi connectivity index (χ0n) is 10.6. The van der Waals surface area contributed by atoms with E-state index in [1.807, 2.05) is 30.3 Å². The van der Waals surface area contributed by atoms with Crippen LogP contribution in [-0.2, 0) is 0 Å². The molecule has 1 aliphatic rings. The first-order valence-corrected chi connectivity index (χ1v) is 6.16. The second-order valence-electron chi connectivity index (χ2n) is 4.42. The maximum atomic E-state index is 8.93. The summed E-state index contributed by atoms with van der Waals surface area (Å²) >= 11 is 0. The van der Waals surface area contributed by atoms with Gasteiger partial charge >= 0.3 is 0 Å². The molecule has 3 heteroatoms. The first-order valence-electron chi connectivity index (χ1n) is 6.16. The van der Waals surface area contributed by atoms with Crippen molar-refractivity contribution in [2.75, 3.05) is 13.7 Å². The largest absolute Gasteiger partial charge is 0.497 e. The molecule has 3 nitrogen and oxygen atoms in total. The van der Waals surface area contributed by atoms with Crippen LogP contribution in [0.5, 0.6) is 11.5 Å². The van der Waals surface area contributed by atoms with Gasteiger partial charge in [0.05, 0.1) is 19.8 Å². The Morgan fingerprint density at radius 3 is 2.95 bits per heavy atom. The lowest BCUT2D eigenvalue weighted by molar-refractivity contribution is 0.317. The van der Waals surface area contributed by atoms with Crippen LogP contribution in [0.4, 0.5) is 0 Å². The number of nitriles is 1. The van der Waals surface area contributed by atoms with Crippen LogP contribution in [0.3, 0.4) is 0 Å². The van der Waals surface area contributed by atoms with Crippen molar-refractivity contribution in [3.05, 3.63) is 42.0 Å². The summed E-state index contributed by atoms with van der Waals surface area (Å²) in [7, 11) is 1.65. The monoisotopic (exact) mass is 251 g/mol. The third-order valence-corrected chi connectivity index (χ3v) is 3.38. The average molecular weight is 251 g/mol. The number of benzene rings is 2. The molecule has 0 spiro atoms. The highest BCUT2D eigenvalue weighted by Crippen LogP contribution is 2.39. The summed E-state index contributed by atoms with van der Waals surface area (Å²) in [6, 6.07) is 12.1. The lowest BCUT2D eigenvalue weighted by atomic mass is 9.93. The van der Waals surface area contributed by atoms with Gasteiger partial charge in [0, 0.05) is 18.1 Å². The van der Waals surface area contributed by atoms with Gasteiger partial charge in [-0.3, -0.25) is 0 Å². The Morgan fingerprint density at radius 1 is 1.32 bits per heavy atom. The van der Waals surface area contributed by atoms with Gasteiger partial charge in [-0.1, -0.05) is 12.1 Å². The summed E-state index contributed by atoms with van der Waals surface area (Å²) < 4.78 is 11.0. The van der Waals surface area contributed by atoms with Gasteiger partial charge in [-0.25, -0.2) is 0 Å². The van der Waals surface area contributed by atoms with Crippen molar-refractivity contribution in [3.63, 3.8) is 0 Å². The summed E-state index contributed by atoms with van der Waals surface area (Å²) in [5, 5.41) is 11.1. The highest BCUT2D eigenvalue weighted by Gasteiger charge is 2.18. The van der Waals surface area contributed by atoms with E-state index in [-0.39, 0.29) is 0 Å². The molecular weight excluding hydrogens is 238 g/mol. The first kappa shape index (κ1) is 11.6. The van der Waals surface area contributed by atoms with E-state index in [0.717, 1.165) is 39.8 Å². The Kier molecular flexibility index (Phi) is 2.85. The van der Waals surface area contributed by atoms with Gasteiger partial charge in [0.2, 0.25) is 0 Å². The number of allylic oxidation sites excluding steroid dienone is 1. The van der Waals surface area contributed by atoms with Gasteiger partial charge in [-0.15, -0.1) is 0 Å². The SMILES string of the molecule is COc1ccc2ccc3c(c2c1)C(=CC#N)CCO3. The molecule has 0 aliphatic carbocycles. The van der Waals surface area contributed by atoms with E-state index < -0.39 is 0 Å². The molecule has 2 aromatic carbocycles. The van der Waals surface area contributed by atoms with Crippen molar-refractivity contribution in [1.82, 2.24) is 0 Å². The summed E-state index contributed by atoms with van der Waals surface area (Å²) in [5.74, 6) is 1.65. The number of nitrogens with zero attached hydrogens (tertiary/aromatic N) is 1. The first-order chi connectivity index (χ1) is 9.33. The Hall–Kier alpha value is -2.47. The van der Waals surface area contributed by atoms with Gasteiger partial charge in [-0.2, -0.15) is 5.26 Å². The molecule has 0 saturated heterocycles. The summed E-state index contributed by atoms with van der Waals surface area (Å²) in [6.45, 7) is 0.621. The van der Waals surface area contributed by atoms with E-state index in [0.29, 0.717) is 6.61 Å². The fourth-order valence-electron chi connectivity index (χ4n) is 2.48. The molecule has 0 N–H and O–H groups in total. The van der Waals surface area contributed by atoms with Crippen LogP contribution in [-0.4, -0.2) is 13.7 Å². The van der Waals surface area contributed by atoms with E-state index in [1.165, 1.54) is 0 Å². The van der Waals surface area contributed by atoms with Gasteiger partial charge in [0.1, 0.15) is 11.5 Å². The zero-order valence-corrected chi connectivity index (χ0v) is 10.6. The molecule has 0 aromatic heterocycles. The summed E-state index contributed by atoms with van der Waals surface area (Å²) in [5.41, 5.74) is 2.05. The lowest BCUT2D eigenvalue weighted by Gasteiger charge is -2.21. The topological polar surface area (TPSA) is 42.2 Å². The highest BCUT2D eigenvalue weighted by atomic mass is 16.5. The average Bonchev–Trinajstić information content (AvgIpc) is 2.47. The maximum Gasteiger partial charge on any atom is 0.127 e. The smallest absolute Gasteiger partial charge is 0.127 e. The number of hydrogen-bond acceptors (Lipinski definition) is 3. The molecule has 19 heavy (non-hydrogen) atoms. The van der Waals surface area contributed by atoms with Gasteiger partial charge in [0.25, 0.3) is 0 Å². The van der Waals surface area contributed by atoms with Gasteiger partial charge < -0.3 is 9.47 Å². The van der Waals surface area contributed by atoms with Gasteiger partial charge in [0.15, 0.2) is 0 Å². The molecule has 0 atom stereocenters. The third kappa shape index (κ3) is 1.92. The van der Waals surface area contributed by atoms with Crippen molar-refractivity contribution < 1.29 is 9.47 Å². The zero-order chi connectivity index (χ0) is 13.2. The maximum absolute atomic E-state index is 8.93. The van der Waals surface area contributed by atoms with Crippen molar-refractivity contribution in [1.29, 1.82) is 5.26 Å². The quantitative estimate of drug-likeness (QED) is 0.728. The van der Waals surface area contributed by atoms with Crippen molar-refractivity contribution in [2.45, 2.75) is 6.42 Å². The number of fused-ring (bicyclic) bond motifs is 3. The van der Waals surface area contributed by atoms with E-state index in [2.05, 4.69) is 6.07 Å². The molecule has 3 rings (SSSR count). The Morgan fingerprint density at radius 2 is 2.16 bits per heavy atom. The van der Waals surface area contributed by atoms with E-state index in [1.54, 1.807) is 13.2 Å². The summed E-state index contributed by atoms with van der Waals surface area (Å²) in [4.78, 5) is 0. The van der Waals surface area contributed by atoms with Gasteiger partial charge in [-0.05, 0) is 34.5 Å². The molecule has 94 valence electrons. The number of methoxy groups -OCH3 is 1. The van der Waals surface area contributed by atoms with Crippen molar-refractivity contribution >= 4 is 16.3 Å².